The second-order valence-corrected chi connectivity index (χ2v) is 12.5. The number of furan rings is 1. The molecule has 0 saturated carbocycles. The first-order valence-electron chi connectivity index (χ1n) is 13.6. The summed E-state index contributed by atoms with van der Waals surface area (Å²) >= 11 is 0. The Labute approximate surface area is 226 Å². The van der Waals surface area contributed by atoms with E-state index in [0.29, 0.717) is 35.1 Å². The van der Waals surface area contributed by atoms with Gasteiger partial charge in [0.25, 0.3) is 0 Å². The number of sulfone groups is 1. The van der Waals surface area contributed by atoms with Crippen LogP contribution in [0, 0.1) is 0 Å². The van der Waals surface area contributed by atoms with Crippen LogP contribution < -0.4 is 4.74 Å². The molecule has 38 heavy (non-hydrogen) atoms. The minimum absolute atomic E-state index is 0.0561. The Bertz CT molecular complexity index is 1490. The Morgan fingerprint density at radius 1 is 0.974 bits per heavy atom. The van der Waals surface area contributed by atoms with Gasteiger partial charge in [0.15, 0.2) is 0 Å². The third kappa shape index (κ3) is 5.38. The molecule has 1 atom stereocenters. The maximum absolute atomic E-state index is 13.6. The van der Waals surface area contributed by atoms with E-state index in [1.165, 1.54) is 36.8 Å². The molecule has 0 saturated heterocycles. The molecular weight excluding hydrogens is 494 g/mol. The summed E-state index contributed by atoms with van der Waals surface area (Å²) in [4.78, 5) is 2.95. The van der Waals surface area contributed by atoms with Crippen LogP contribution in [0.1, 0.15) is 68.4 Å². The molecule has 1 aliphatic carbocycles. The molecule has 200 valence electrons. The average Bonchev–Trinajstić information content (AvgIpc) is 3.20. The second kappa shape index (κ2) is 11.3. The first kappa shape index (κ1) is 26.5. The fourth-order valence-electron chi connectivity index (χ4n) is 5.54. The van der Waals surface area contributed by atoms with Gasteiger partial charge >= 0.3 is 0 Å². The van der Waals surface area contributed by atoms with Crippen LogP contribution in [0.15, 0.2) is 87.0 Å². The molecule has 1 aromatic heterocycles. The summed E-state index contributed by atoms with van der Waals surface area (Å²) in [5.74, 6) is 1.11. The number of hydrogen-bond donors (Lipinski definition) is 0. The maximum atomic E-state index is 13.6. The molecule has 0 spiro atoms. The van der Waals surface area contributed by atoms with Gasteiger partial charge in [-0.05, 0) is 80.3 Å². The van der Waals surface area contributed by atoms with Gasteiger partial charge in [0, 0.05) is 23.9 Å². The Morgan fingerprint density at radius 2 is 1.71 bits per heavy atom. The number of hydrogen-bond acceptors (Lipinski definition) is 5. The van der Waals surface area contributed by atoms with E-state index in [-0.39, 0.29) is 15.7 Å². The van der Waals surface area contributed by atoms with Crippen molar-refractivity contribution in [1.82, 2.24) is 4.90 Å². The molecule has 1 unspecified atom stereocenters. The second-order valence-electron chi connectivity index (χ2n) is 10.6. The van der Waals surface area contributed by atoms with Crippen molar-refractivity contribution in [2.24, 2.45) is 0 Å². The van der Waals surface area contributed by atoms with Crippen molar-refractivity contribution >= 4 is 20.8 Å². The van der Waals surface area contributed by atoms with Gasteiger partial charge in [-0.15, -0.1) is 0 Å². The zero-order valence-corrected chi connectivity index (χ0v) is 23.3. The molecule has 5 nitrogen and oxygen atoms in total. The molecule has 0 fully saturated rings. The van der Waals surface area contributed by atoms with Crippen LogP contribution >= 0.6 is 0 Å². The monoisotopic (exact) mass is 531 g/mol. The fraction of sp³-hybridized carbons (Fsp3) is 0.375. The summed E-state index contributed by atoms with van der Waals surface area (Å²) in [6.45, 7) is 5.41. The number of aryl methyl sites for hydroxylation is 1. The van der Waals surface area contributed by atoms with Crippen LogP contribution in [0.5, 0.6) is 5.75 Å². The smallest absolute Gasteiger partial charge is 0.210 e. The van der Waals surface area contributed by atoms with Crippen molar-refractivity contribution in [3.05, 3.63) is 89.7 Å². The maximum Gasteiger partial charge on any atom is 0.210 e. The third-order valence-corrected chi connectivity index (χ3v) is 9.40. The average molecular weight is 532 g/mol. The standard InChI is InChI=1S/C32H37NO4S/c1-23(2)31-32(28-14-7-9-16-30(28)37-31)38(34,35)26-19-17-25(18-20-26)36-22-10-21-33(3)29-15-8-5-12-24-11-4-6-13-27(24)29/h4,6-7,9,11,13-14,16-20,23,29H,5,8,10,12,15,21-22H2,1-3H3. The third-order valence-electron chi connectivity index (χ3n) is 7.55. The summed E-state index contributed by atoms with van der Waals surface area (Å²) in [6.07, 6.45) is 5.77. The highest BCUT2D eigenvalue weighted by molar-refractivity contribution is 7.91. The van der Waals surface area contributed by atoms with Crippen molar-refractivity contribution in [3.63, 3.8) is 0 Å². The van der Waals surface area contributed by atoms with Crippen LogP contribution in [0.2, 0.25) is 0 Å². The largest absolute Gasteiger partial charge is 0.494 e. The Morgan fingerprint density at radius 3 is 2.50 bits per heavy atom. The first-order chi connectivity index (χ1) is 18.4. The van der Waals surface area contributed by atoms with E-state index >= 15 is 0 Å². The lowest BCUT2D eigenvalue weighted by atomic mass is 9.98. The topological polar surface area (TPSA) is 59.8 Å². The summed E-state index contributed by atoms with van der Waals surface area (Å²) < 4.78 is 39.2. The van der Waals surface area contributed by atoms with Gasteiger partial charge in [-0.25, -0.2) is 8.42 Å². The minimum Gasteiger partial charge on any atom is -0.494 e. The fourth-order valence-corrected chi connectivity index (χ4v) is 7.27. The van der Waals surface area contributed by atoms with Crippen LogP contribution in [-0.2, 0) is 16.3 Å². The zero-order valence-electron chi connectivity index (χ0n) is 22.5. The highest BCUT2D eigenvalue weighted by Gasteiger charge is 2.29. The van der Waals surface area contributed by atoms with E-state index in [0.717, 1.165) is 13.0 Å². The highest BCUT2D eigenvalue weighted by atomic mass is 32.2. The Hall–Kier alpha value is -3.09. The number of benzene rings is 3. The van der Waals surface area contributed by atoms with Gasteiger partial charge < -0.3 is 9.15 Å². The molecule has 3 aromatic carbocycles. The van der Waals surface area contributed by atoms with E-state index in [4.69, 9.17) is 9.15 Å². The lowest BCUT2D eigenvalue weighted by Gasteiger charge is -2.28. The van der Waals surface area contributed by atoms with Crippen molar-refractivity contribution in [3.8, 4) is 5.75 Å². The first-order valence-corrected chi connectivity index (χ1v) is 15.1. The molecule has 0 bridgehead atoms. The molecular formula is C32H37NO4S. The molecule has 6 heteroatoms. The SMILES string of the molecule is CC(C)c1oc2ccccc2c1S(=O)(=O)c1ccc(OCCCN(C)C2CCCCc3ccccc32)cc1. The molecule has 4 aromatic rings. The number of nitrogens with zero attached hydrogens (tertiary/aromatic N) is 1. The molecule has 5 rings (SSSR count). The van der Waals surface area contributed by atoms with E-state index in [9.17, 15) is 8.42 Å². The predicted molar refractivity (Wildman–Crippen MR) is 152 cm³/mol. The van der Waals surface area contributed by atoms with Gasteiger partial charge in [0.05, 0.1) is 11.5 Å². The zero-order chi connectivity index (χ0) is 26.7. The van der Waals surface area contributed by atoms with Crippen molar-refractivity contribution in [2.45, 2.75) is 67.7 Å². The van der Waals surface area contributed by atoms with Gasteiger partial charge in [-0.2, -0.15) is 0 Å². The number of para-hydroxylation sites is 1. The summed E-state index contributed by atoms with van der Waals surface area (Å²) in [5.41, 5.74) is 3.54. The van der Waals surface area contributed by atoms with E-state index in [1.54, 1.807) is 30.3 Å². The van der Waals surface area contributed by atoms with Crippen molar-refractivity contribution < 1.29 is 17.6 Å². The normalized spacial score (nSPS) is 16.1. The molecule has 0 radical (unpaired) electrons. The van der Waals surface area contributed by atoms with Crippen molar-refractivity contribution in [1.29, 1.82) is 0 Å². The summed E-state index contributed by atoms with van der Waals surface area (Å²) in [6, 6.07) is 23.4. The summed E-state index contributed by atoms with van der Waals surface area (Å²) in [5, 5.41) is 0.622. The lowest BCUT2D eigenvalue weighted by Crippen LogP contribution is -2.27. The van der Waals surface area contributed by atoms with Crippen LogP contribution in [-0.4, -0.2) is 33.5 Å². The quantitative estimate of drug-likeness (QED) is 0.165. The van der Waals surface area contributed by atoms with Crippen LogP contribution in [0.3, 0.4) is 0 Å². The van der Waals surface area contributed by atoms with E-state index < -0.39 is 9.84 Å². The molecule has 1 heterocycles. The van der Waals surface area contributed by atoms with Crippen molar-refractivity contribution in [2.75, 3.05) is 20.2 Å². The number of rotatable bonds is 9. The predicted octanol–water partition coefficient (Wildman–Crippen LogP) is 7.56. The Kier molecular flexibility index (Phi) is 7.91. The van der Waals surface area contributed by atoms with Gasteiger partial charge in [-0.1, -0.05) is 56.7 Å². The van der Waals surface area contributed by atoms with Gasteiger partial charge in [0.1, 0.15) is 22.0 Å². The molecule has 0 N–H and O–H groups in total. The summed E-state index contributed by atoms with van der Waals surface area (Å²) in [7, 11) is -1.54. The minimum atomic E-state index is -3.75. The highest BCUT2D eigenvalue weighted by Crippen LogP contribution is 2.38. The lowest BCUT2D eigenvalue weighted by molar-refractivity contribution is 0.206. The number of fused-ring (bicyclic) bond motifs is 2. The Balaban J connectivity index is 1.22. The van der Waals surface area contributed by atoms with Gasteiger partial charge in [-0.3, -0.25) is 4.90 Å². The van der Waals surface area contributed by atoms with E-state index in [1.807, 2.05) is 32.0 Å². The molecule has 0 aliphatic heterocycles. The van der Waals surface area contributed by atoms with Crippen LogP contribution in [0.4, 0.5) is 0 Å². The van der Waals surface area contributed by atoms with Crippen LogP contribution in [0.25, 0.3) is 11.0 Å². The molecule has 1 aliphatic rings. The van der Waals surface area contributed by atoms with Gasteiger partial charge in [0.2, 0.25) is 9.84 Å². The molecule has 0 amide bonds. The number of ether oxygens (including phenoxy) is 1. The van der Waals surface area contributed by atoms with E-state index in [2.05, 4.69) is 36.2 Å².